The van der Waals surface area contributed by atoms with Crippen LogP contribution in [0.1, 0.15) is 72.6 Å². The Bertz CT molecular complexity index is 190. The van der Waals surface area contributed by atoms with Crippen LogP contribution in [0.3, 0.4) is 0 Å². The van der Waals surface area contributed by atoms with Gasteiger partial charge in [0.15, 0.2) is 0 Å². The summed E-state index contributed by atoms with van der Waals surface area (Å²) < 4.78 is 0. The summed E-state index contributed by atoms with van der Waals surface area (Å²) in [6.45, 7) is 12.8. The van der Waals surface area contributed by atoms with E-state index in [1.807, 2.05) is 6.08 Å². The van der Waals surface area contributed by atoms with Crippen molar-refractivity contribution in [2.75, 3.05) is 0 Å². The molecule has 0 spiro atoms. The molecule has 0 fully saturated rings. The molecule has 0 saturated heterocycles. The predicted molar refractivity (Wildman–Crippen MR) is 77.1 cm³/mol. The topological polar surface area (TPSA) is 20.2 Å². The van der Waals surface area contributed by atoms with Crippen molar-refractivity contribution >= 4 is 0 Å². The van der Waals surface area contributed by atoms with E-state index in [-0.39, 0.29) is 6.10 Å². The van der Waals surface area contributed by atoms with Crippen LogP contribution >= 0.6 is 0 Å². The fourth-order valence-corrected chi connectivity index (χ4v) is 2.56. The van der Waals surface area contributed by atoms with Gasteiger partial charge in [0, 0.05) is 0 Å². The van der Waals surface area contributed by atoms with E-state index in [0.29, 0.717) is 11.3 Å². The van der Waals surface area contributed by atoms with Gasteiger partial charge in [-0.25, -0.2) is 0 Å². The number of hydrogen-bond donors (Lipinski definition) is 1. The minimum absolute atomic E-state index is 0.101. The van der Waals surface area contributed by atoms with E-state index in [4.69, 9.17) is 0 Å². The van der Waals surface area contributed by atoms with Crippen LogP contribution in [-0.2, 0) is 0 Å². The monoisotopic (exact) mass is 240 g/mol. The van der Waals surface area contributed by atoms with Crippen molar-refractivity contribution in [3.8, 4) is 0 Å². The van der Waals surface area contributed by atoms with Gasteiger partial charge in [0.2, 0.25) is 0 Å². The van der Waals surface area contributed by atoms with Crippen molar-refractivity contribution in [3.05, 3.63) is 12.7 Å². The summed E-state index contributed by atoms with van der Waals surface area (Å²) in [5.41, 5.74) is 0.378. The molecule has 2 atom stereocenters. The molecule has 1 N–H and O–H groups in total. The van der Waals surface area contributed by atoms with Gasteiger partial charge in [-0.1, -0.05) is 46.6 Å². The summed E-state index contributed by atoms with van der Waals surface area (Å²) >= 11 is 0. The number of aliphatic hydroxyl groups excluding tert-OH is 1. The third kappa shape index (κ3) is 12.0. The van der Waals surface area contributed by atoms with Crippen molar-refractivity contribution in [2.24, 2.45) is 11.3 Å². The van der Waals surface area contributed by atoms with Gasteiger partial charge in [-0.05, 0) is 43.4 Å². The number of aliphatic hydroxyl groups is 1. The van der Waals surface area contributed by atoms with E-state index in [0.717, 1.165) is 25.7 Å². The number of allylic oxidation sites excluding steroid dienone is 1. The summed E-state index contributed by atoms with van der Waals surface area (Å²) in [6.07, 6.45) is 9.68. The minimum atomic E-state index is -0.101. The van der Waals surface area contributed by atoms with E-state index < -0.39 is 0 Å². The molecule has 17 heavy (non-hydrogen) atoms. The highest BCUT2D eigenvalue weighted by Crippen LogP contribution is 2.27. The first kappa shape index (κ1) is 16.7. The molecule has 0 amide bonds. The van der Waals surface area contributed by atoms with Crippen molar-refractivity contribution < 1.29 is 5.11 Å². The van der Waals surface area contributed by atoms with Crippen molar-refractivity contribution in [3.63, 3.8) is 0 Å². The van der Waals surface area contributed by atoms with Crippen LogP contribution < -0.4 is 0 Å². The highest BCUT2D eigenvalue weighted by atomic mass is 16.3. The molecule has 0 aliphatic heterocycles. The maximum atomic E-state index is 9.95. The Labute approximate surface area is 108 Å². The molecule has 0 aliphatic carbocycles. The van der Waals surface area contributed by atoms with Crippen LogP contribution in [-0.4, -0.2) is 11.2 Å². The van der Waals surface area contributed by atoms with Crippen LogP contribution in [0.4, 0.5) is 0 Å². The van der Waals surface area contributed by atoms with Gasteiger partial charge >= 0.3 is 0 Å². The van der Waals surface area contributed by atoms with Crippen LogP contribution in [0.25, 0.3) is 0 Å². The maximum absolute atomic E-state index is 9.95. The second kappa shape index (κ2) is 8.74. The Morgan fingerprint density at radius 1 is 1.18 bits per heavy atom. The molecule has 0 aromatic rings. The Hall–Kier alpha value is -0.300. The number of unbranched alkanes of at least 4 members (excludes halogenated alkanes) is 3. The summed E-state index contributed by atoms with van der Waals surface area (Å²) in [5, 5.41) is 9.95. The first-order chi connectivity index (χ1) is 7.85. The van der Waals surface area contributed by atoms with Crippen LogP contribution in [0.2, 0.25) is 0 Å². The molecular weight excluding hydrogens is 208 g/mol. The average Bonchev–Trinajstić information content (AvgIpc) is 2.14. The Morgan fingerprint density at radius 2 is 1.82 bits per heavy atom. The molecule has 0 aromatic carbocycles. The smallest absolute Gasteiger partial charge is 0.0542 e. The normalized spacial score (nSPS) is 15.6. The first-order valence-electron chi connectivity index (χ1n) is 7.14. The van der Waals surface area contributed by atoms with Gasteiger partial charge in [0.25, 0.3) is 0 Å². The molecule has 1 nitrogen and oxygen atoms in total. The van der Waals surface area contributed by atoms with Gasteiger partial charge < -0.3 is 5.11 Å². The van der Waals surface area contributed by atoms with Crippen molar-refractivity contribution in [1.29, 1.82) is 0 Å². The minimum Gasteiger partial charge on any atom is -0.393 e. The Balaban J connectivity index is 3.57. The van der Waals surface area contributed by atoms with Crippen LogP contribution in [0.15, 0.2) is 12.7 Å². The van der Waals surface area contributed by atoms with Gasteiger partial charge in [0.05, 0.1) is 6.10 Å². The van der Waals surface area contributed by atoms with Gasteiger partial charge in [-0.15, -0.1) is 6.58 Å². The van der Waals surface area contributed by atoms with E-state index in [2.05, 4.69) is 34.3 Å². The lowest BCUT2D eigenvalue weighted by Crippen LogP contribution is -2.17. The summed E-state index contributed by atoms with van der Waals surface area (Å²) in [4.78, 5) is 0. The lowest BCUT2D eigenvalue weighted by Gasteiger charge is -2.24. The molecule has 1 heteroatoms. The molecule has 2 unspecified atom stereocenters. The fraction of sp³-hybridized carbons (Fsp3) is 0.875. The highest BCUT2D eigenvalue weighted by molar-refractivity contribution is 4.70. The largest absolute Gasteiger partial charge is 0.393 e. The van der Waals surface area contributed by atoms with E-state index >= 15 is 0 Å². The van der Waals surface area contributed by atoms with E-state index in [9.17, 15) is 5.11 Å². The lowest BCUT2D eigenvalue weighted by atomic mass is 9.83. The molecule has 0 aliphatic rings. The number of rotatable bonds is 9. The van der Waals surface area contributed by atoms with E-state index in [1.54, 1.807) is 0 Å². The molecular formula is C16H32O. The third-order valence-electron chi connectivity index (χ3n) is 3.08. The van der Waals surface area contributed by atoms with Crippen LogP contribution in [0.5, 0.6) is 0 Å². The second-order valence-electron chi connectivity index (χ2n) is 6.69. The van der Waals surface area contributed by atoms with Crippen molar-refractivity contribution in [2.45, 2.75) is 78.7 Å². The lowest BCUT2D eigenvalue weighted by molar-refractivity contribution is 0.121. The summed E-state index contributed by atoms with van der Waals surface area (Å²) in [6, 6.07) is 0. The zero-order valence-corrected chi connectivity index (χ0v) is 12.3. The SMILES string of the molecule is C=CCCCCCC(O)CC(C)CC(C)(C)C. The molecule has 0 radical (unpaired) electrons. The third-order valence-corrected chi connectivity index (χ3v) is 3.08. The highest BCUT2D eigenvalue weighted by Gasteiger charge is 2.17. The molecule has 0 rings (SSSR count). The van der Waals surface area contributed by atoms with Gasteiger partial charge in [-0.2, -0.15) is 0 Å². The zero-order valence-electron chi connectivity index (χ0n) is 12.3. The maximum Gasteiger partial charge on any atom is 0.0542 e. The zero-order chi connectivity index (χ0) is 13.3. The molecule has 0 bridgehead atoms. The Kier molecular flexibility index (Phi) is 8.59. The quantitative estimate of drug-likeness (QED) is 0.447. The van der Waals surface area contributed by atoms with E-state index in [1.165, 1.54) is 19.3 Å². The van der Waals surface area contributed by atoms with Gasteiger partial charge in [-0.3, -0.25) is 0 Å². The molecule has 0 saturated carbocycles. The average molecular weight is 240 g/mol. The molecule has 102 valence electrons. The molecule has 0 heterocycles. The summed E-state index contributed by atoms with van der Waals surface area (Å²) in [5.74, 6) is 0.623. The number of hydrogen-bond acceptors (Lipinski definition) is 1. The predicted octanol–water partition coefficient (Wildman–Crippen LogP) is 4.95. The Morgan fingerprint density at radius 3 is 2.35 bits per heavy atom. The summed E-state index contributed by atoms with van der Waals surface area (Å²) in [7, 11) is 0. The fourth-order valence-electron chi connectivity index (χ4n) is 2.56. The van der Waals surface area contributed by atoms with Gasteiger partial charge in [0.1, 0.15) is 0 Å². The second-order valence-corrected chi connectivity index (χ2v) is 6.69. The first-order valence-corrected chi connectivity index (χ1v) is 7.14. The standard InChI is InChI=1S/C16H32O/c1-6-7-8-9-10-11-15(17)12-14(2)13-16(3,4)5/h6,14-15,17H,1,7-13H2,2-5H3. The molecule has 0 aromatic heterocycles. The van der Waals surface area contributed by atoms with Crippen LogP contribution in [0, 0.1) is 11.3 Å². The van der Waals surface area contributed by atoms with Crippen molar-refractivity contribution in [1.82, 2.24) is 0 Å².